The number of amides is 1. The van der Waals surface area contributed by atoms with Crippen molar-refractivity contribution in [2.75, 3.05) is 6.61 Å². The summed E-state index contributed by atoms with van der Waals surface area (Å²) in [4.78, 5) is 12.4. The van der Waals surface area contributed by atoms with Gasteiger partial charge in [-0.1, -0.05) is 226 Å². The Morgan fingerprint density at radius 2 is 0.708 bits per heavy atom. The second-order valence-corrected chi connectivity index (χ2v) is 15.3. The van der Waals surface area contributed by atoms with E-state index in [1.165, 1.54) is 186 Å². The van der Waals surface area contributed by atoms with Crippen LogP contribution in [0.1, 0.15) is 245 Å². The maximum Gasteiger partial charge on any atom is 0.222 e. The van der Waals surface area contributed by atoms with Crippen LogP contribution in [-0.2, 0) is 4.79 Å². The molecule has 48 heavy (non-hydrogen) atoms. The summed E-state index contributed by atoms with van der Waals surface area (Å²) >= 11 is 0. The Kier molecular flexibility index (Phi) is 38.6. The number of hydrogen-bond donors (Lipinski definition) is 4. The highest BCUT2D eigenvalue weighted by Gasteiger charge is 2.21. The number of hydrogen-bond acceptors (Lipinski definition) is 4. The Bertz CT molecular complexity index is 630. The molecule has 0 aliphatic heterocycles. The number of nitrogens with one attached hydrogen (secondary N) is 1. The van der Waals surface area contributed by atoms with Gasteiger partial charge in [0.05, 0.1) is 31.3 Å². The Hall–Kier alpha value is -0.650. The van der Waals surface area contributed by atoms with Gasteiger partial charge in [0.15, 0.2) is 0 Å². The molecule has 0 aliphatic carbocycles. The fourth-order valence-corrected chi connectivity index (χ4v) is 7.05. The van der Waals surface area contributed by atoms with Gasteiger partial charge in [-0.05, 0) is 12.8 Å². The highest BCUT2D eigenvalue weighted by atomic mass is 16.3. The van der Waals surface area contributed by atoms with Gasteiger partial charge in [0.1, 0.15) is 0 Å². The lowest BCUT2D eigenvalue weighted by atomic mass is 10.0. The fraction of sp³-hybridized carbons (Fsp3) is 0.977. The molecule has 288 valence electrons. The first kappa shape index (κ1) is 47.4. The van der Waals surface area contributed by atoms with Crippen molar-refractivity contribution in [3.63, 3.8) is 0 Å². The van der Waals surface area contributed by atoms with Crippen LogP contribution in [0.2, 0.25) is 0 Å². The maximum atomic E-state index is 12.4. The first-order valence-corrected chi connectivity index (χ1v) is 21.8. The minimum Gasteiger partial charge on any atom is -0.394 e. The average molecular weight is 682 g/mol. The van der Waals surface area contributed by atoms with Crippen molar-refractivity contribution >= 4 is 5.91 Å². The molecule has 0 saturated carbocycles. The molecule has 0 saturated heterocycles. The van der Waals surface area contributed by atoms with Crippen molar-refractivity contribution < 1.29 is 20.1 Å². The second kappa shape index (κ2) is 39.1. The standard InChI is InChI=1S/C43H87NO4/c1-3-5-7-9-11-13-14-15-16-17-18-19-20-21-22-23-24-25-26-27-29-30-32-34-36-40(46)38-43(48)44-41(39-45)42(47)37-35-33-31-28-12-10-8-6-4-2/h40-42,45-47H,3-39H2,1-2H3,(H,44,48). The first-order valence-electron chi connectivity index (χ1n) is 21.8. The largest absolute Gasteiger partial charge is 0.394 e. The van der Waals surface area contributed by atoms with Gasteiger partial charge in [0.2, 0.25) is 5.91 Å². The Morgan fingerprint density at radius 3 is 1.00 bits per heavy atom. The summed E-state index contributed by atoms with van der Waals surface area (Å²) in [6.45, 7) is 4.25. The van der Waals surface area contributed by atoms with E-state index in [-0.39, 0.29) is 18.9 Å². The third-order valence-corrected chi connectivity index (χ3v) is 10.4. The maximum absolute atomic E-state index is 12.4. The third-order valence-electron chi connectivity index (χ3n) is 10.4. The van der Waals surface area contributed by atoms with Gasteiger partial charge in [-0.2, -0.15) is 0 Å². The van der Waals surface area contributed by atoms with E-state index < -0.39 is 18.2 Å². The van der Waals surface area contributed by atoms with Crippen LogP contribution in [0.15, 0.2) is 0 Å². The number of carbonyl (C=O) groups is 1. The van der Waals surface area contributed by atoms with E-state index >= 15 is 0 Å². The Morgan fingerprint density at radius 1 is 0.438 bits per heavy atom. The number of rotatable bonds is 40. The van der Waals surface area contributed by atoms with Gasteiger partial charge >= 0.3 is 0 Å². The summed E-state index contributed by atoms with van der Waals surface area (Å²) < 4.78 is 0. The van der Waals surface area contributed by atoms with Gasteiger partial charge in [-0.15, -0.1) is 0 Å². The fourth-order valence-electron chi connectivity index (χ4n) is 7.05. The van der Waals surface area contributed by atoms with Gasteiger partial charge in [-0.3, -0.25) is 4.79 Å². The van der Waals surface area contributed by atoms with E-state index in [1.54, 1.807) is 0 Å². The molecule has 5 heteroatoms. The van der Waals surface area contributed by atoms with Crippen molar-refractivity contribution in [3.8, 4) is 0 Å². The third kappa shape index (κ3) is 35.2. The monoisotopic (exact) mass is 682 g/mol. The van der Waals surface area contributed by atoms with Crippen LogP contribution in [0.3, 0.4) is 0 Å². The molecular formula is C43H87NO4. The molecule has 1 amide bonds. The zero-order valence-corrected chi connectivity index (χ0v) is 32.6. The summed E-state index contributed by atoms with van der Waals surface area (Å²) in [6, 6.07) is -0.650. The molecule has 0 radical (unpaired) electrons. The highest BCUT2D eigenvalue weighted by molar-refractivity contribution is 5.76. The molecule has 5 nitrogen and oxygen atoms in total. The second-order valence-electron chi connectivity index (χ2n) is 15.3. The predicted molar refractivity (Wildman–Crippen MR) is 209 cm³/mol. The van der Waals surface area contributed by atoms with E-state index in [0.29, 0.717) is 12.8 Å². The molecule has 0 fully saturated rings. The van der Waals surface area contributed by atoms with E-state index in [0.717, 1.165) is 25.7 Å². The van der Waals surface area contributed by atoms with Crippen LogP contribution in [0, 0.1) is 0 Å². The smallest absolute Gasteiger partial charge is 0.222 e. The summed E-state index contributed by atoms with van der Waals surface area (Å²) in [5.41, 5.74) is 0. The summed E-state index contributed by atoms with van der Waals surface area (Å²) in [5.74, 6) is -0.281. The van der Waals surface area contributed by atoms with Gasteiger partial charge < -0.3 is 20.6 Å². The normalized spacial score (nSPS) is 13.5. The van der Waals surface area contributed by atoms with Crippen LogP contribution in [0.25, 0.3) is 0 Å². The highest BCUT2D eigenvalue weighted by Crippen LogP contribution is 2.17. The molecule has 0 rings (SSSR count). The molecule has 0 heterocycles. The van der Waals surface area contributed by atoms with E-state index in [4.69, 9.17) is 0 Å². The quantitative estimate of drug-likeness (QED) is 0.0485. The van der Waals surface area contributed by atoms with Crippen LogP contribution < -0.4 is 5.32 Å². The molecule has 0 spiro atoms. The molecule has 0 aromatic heterocycles. The number of aliphatic hydroxyl groups is 3. The minimum absolute atomic E-state index is 0.0423. The number of aliphatic hydroxyl groups excluding tert-OH is 3. The topological polar surface area (TPSA) is 89.8 Å². The van der Waals surface area contributed by atoms with Gasteiger partial charge in [0, 0.05) is 0 Å². The molecule has 0 bridgehead atoms. The zero-order chi connectivity index (χ0) is 35.2. The molecule has 0 aliphatic rings. The summed E-state index contributed by atoms with van der Waals surface area (Å²) in [5, 5.41) is 33.2. The van der Waals surface area contributed by atoms with Crippen molar-refractivity contribution in [2.45, 2.75) is 263 Å². The lowest BCUT2D eigenvalue weighted by Gasteiger charge is -2.23. The first-order chi connectivity index (χ1) is 23.5. The molecular weight excluding hydrogens is 594 g/mol. The van der Waals surface area contributed by atoms with E-state index in [9.17, 15) is 20.1 Å². The lowest BCUT2D eigenvalue weighted by Crippen LogP contribution is -2.46. The van der Waals surface area contributed by atoms with Gasteiger partial charge in [-0.25, -0.2) is 0 Å². The van der Waals surface area contributed by atoms with Crippen molar-refractivity contribution in [3.05, 3.63) is 0 Å². The van der Waals surface area contributed by atoms with Crippen LogP contribution in [-0.4, -0.2) is 46.1 Å². The SMILES string of the molecule is CCCCCCCCCCCCCCCCCCCCCCCCCCC(O)CC(=O)NC(CO)C(O)CCCCCCCCCCC. The Labute approximate surface area is 300 Å². The van der Waals surface area contributed by atoms with Crippen molar-refractivity contribution in [1.29, 1.82) is 0 Å². The van der Waals surface area contributed by atoms with Crippen molar-refractivity contribution in [1.82, 2.24) is 5.32 Å². The Balaban J connectivity index is 3.48. The zero-order valence-electron chi connectivity index (χ0n) is 32.6. The number of carbonyl (C=O) groups excluding carboxylic acids is 1. The predicted octanol–water partition coefficient (Wildman–Crippen LogP) is 12.3. The summed E-state index contributed by atoms with van der Waals surface area (Å²) in [7, 11) is 0. The number of unbranched alkanes of at least 4 members (excludes halogenated alkanes) is 31. The van der Waals surface area contributed by atoms with Crippen LogP contribution >= 0.6 is 0 Å². The molecule has 3 unspecified atom stereocenters. The molecule has 4 N–H and O–H groups in total. The van der Waals surface area contributed by atoms with Crippen molar-refractivity contribution in [2.24, 2.45) is 0 Å². The van der Waals surface area contributed by atoms with Crippen LogP contribution in [0.4, 0.5) is 0 Å². The van der Waals surface area contributed by atoms with E-state index in [2.05, 4.69) is 19.2 Å². The van der Waals surface area contributed by atoms with Crippen LogP contribution in [0.5, 0.6) is 0 Å². The van der Waals surface area contributed by atoms with Gasteiger partial charge in [0.25, 0.3) is 0 Å². The van der Waals surface area contributed by atoms with E-state index in [1.807, 2.05) is 0 Å². The summed E-state index contributed by atoms with van der Waals surface area (Å²) in [6.07, 6.45) is 43.7. The minimum atomic E-state index is -0.741. The molecule has 0 aromatic rings. The molecule has 3 atom stereocenters. The average Bonchev–Trinajstić information content (AvgIpc) is 3.08. The molecule has 0 aromatic carbocycles. The lowest BCUT2D eigenvalue weighted by molar-refractivity contribution is -0.125.